The lowest BCUT2D eigenvalue weighted by Crippen LogP contribution is -2.37. The minimum Gasteiger partial charge on any atom is -0.493 e. The Bertz CT molecular complexity index is 552. The van der Waals surface area contributed by atoms with Crippen LogP contribution in [0.1, 0.15) is 36.8 Å². The van der Waals surface area contributed by atoms with Crippen LogP contribution >= 0.6 is 11.3 Å². The fourth-order valence-electron chi connectivity index (χ4n) is 3.25. The summed E-state index contributed by atoms with van der Waals surface area (Å²) in [5, 5.41) is 8.14. The van der Waals surface area contributed by atoms with Crippen molar-refractivity contribution < 1.29 is 4.74 Å². The molecule has 3 rings (SSSR count). The molecule has 2 unspecified atom stereocenters. The predicted molar refractivity (Wildman–Crippen MR) is 89.4 cm³/mol. The number of benzene rings is 1. The van der Waals surface area contributed by atoms with Crippen molar-refractivity contribution in [2.75, 3.05) is 13.2 Å². The first-order chi connectivity index (χ1) is 10.4. The number of ether oxygens (including phenoxy) is 1. The monoisotopic (exact) mass is 301 g/mol. The molecule has 0 saturated heterocycles. The van der Waals surface area contributed by atoms with Gasteiger partial charge >= 0.3 is 0 Å². The van der Waals surface area contributed by atoms with Gasteiger partial charge in [0.25, 0.3) is 0 Å². The molecule has 112 valence electrons. The first-order valence-electron chi connectivity index (χ1n) is 7.84. The molecule has 1 aliphatic heterocycles. The van der Waals surface area contributed by atoms with Gasteiger partial charge in [0.05, 0.1) is 6.61 Å². The average Bonchev–Trinajstić information content (AvgIpc) is 3.04. The number of fused-ring (bicyclic) bond motifs is 1. The molecule has 2 nitrogen and oxygen atoms in total. The van der Waals surface area contributed by atoms with E-state index in [0.717, 1.165) is 31.7 Å². The summed E-state index contributed by atoms with van der Waals surface area (Å²) in [5.41, 5.74) is 2.84. The lowest BCUT2D eigenvalue weighted by molar-refractivity contribution is 0.242. The van der Waals surface area contributed by atoms with E-state index in [1.807, 2.05) is 0 Å². The molecule has 0 radical (unpaired) electrons. The summed E-state index contributed by atoms with van der Waals surface area (Å²) in [6, 6.07) is 11.3. The number of aryl methyl sites for hydroxylation is 1. The fourth-order valence-corrected chi connectivity index (χ4v) is 3.96. The summed E-state index contributed by atoms with van der Waals surface area (Å²) >= 11 is 1.79. The Balaban J connectivity index is 1.74. The maximum absolute atomic E-state index is 5.81. The topological polar surface area (TPSA) is 21.3 Å². The van der Waals surface area contributed by atoms with Gasteiger partial charge in [-0.15, -0.1) is 0 Å². The van der Waals surface area contributed by atoms with Gasteiger partial charge in [-0.1, -0.05) is 25.1 Å². The van der Waals surface area contributed by atoms with Crippen molar-refractivity contribution in [2.24, 2.45) is 0 Å². The third-order valence-corrected chi connectivity index (χ3v) is 5.01. The van der Waals surface area contributed by atoms with Gasteiger partial charge < -0.3 is 10.1 Å². The van der Waals surface area contributed by atoms with Crippen molar-refractivity contribution in [3.8, 4) is 5.75 Å². The number of para-hydroxylation sites is 1. The van der Waals surface area contributed by atoms with Crippen LogP contribution in [0, 0.1) is 0 Å². The largest absolute Gasteiger partial charge is 0.493 e. The van der Waals surface area contributed by atoms with E-state index in [2.05, 4.69) is 53.3 Å². The van der Waals surface area contributed by atoms with Crippen LogP contribution in [-0.2, 0) is 6.42 Å². The van der Waals surface area contributed by atoms with Crippen LogP contribution in [0.5, 0.6) is 5.75 Å². The molecule has 0 amide bonds. The molecule has 1 aromatic carbocycles. The number of hydrogen-bond acceptors (Lipinski definition) is 3. The van der Waals surface area contributed by atoms with Gasteiger partial charge in [-0.05, 0) is 59.8 Å². The second kappa shape index (κ2) is 7.10. The molecule has 2 aromatic rings. The number of thiophene rings is 1. The van der Waals surface area contributed by atoms with E-state index in [-0.39, 0.29) is 0 Å². The number of likely N-dealkylation sites (N-methyl/N-ethyl adjacent to an activating group) is 1. The van der Waals surface area contributed by atoms with Gasteiger partial charge in [0.15, 0.2) is 0 Å². The summed E-state index contributed by atoms with van der Waals surface area (Å²) in [6.07, 6.45) is 3.45. The second-order valence-electron chi connectivity index (χ2n) is 5.62. The first kappa shape index (κ1) is 14.6. The summed E-state index contributed by atoms with van der Waals surface area (Å²) in [4.78, 5) is 0. The average molecular weight is 301 g/mol. The van der Waals surface area contributed by atoms with Crippen molar-refractivity contribution >= 4 is 11.3 Å². The summed E-state index contributed by atoms with van der Waals surface area (Å²) in [6.45, 7) is 4.05. The lowest BCUT2D eigenvalue weighted by atomic mass is 9.84. The van der Waals surface area contributed by atoms with Crippen LogP contribution in [0.4, 0.5) is 0 Å². The van der Waals surface area contributed by atoms with E-state index in [4.69, 9.17) is 4.74 Å². The van der Waals surface area contributed by atoms with Crippen molar-refractivity contribution in [1.29, 1.82) is 0 Å². The molecule has 1 aliphatic rings. The van der Waals surface area contributed by atoms with Crippen molar-refractivity contribution in [2.45, 2.75) is 38.1 Å². The Morgan fingerprint density at radius 2 is 2.24 bits per heavy atom. The van der Waals surface area contributed by atoms with Gasteiger partial charge in [0.2, 0.25) is 0 Å². The second-order valence-corrected chi connectivity index (χ2v) is 6.40. The maximum atomic E-state index is 5.81. The van der Waals surface area contributed by atoms with Crippen molar-refractivity contribution in [3.05, 3.63) is 52.2 Å². The van der Waals surface area contributed by atoms with Gasteiger partial charge in [0, 0.05) is 12.0 Å². The van der Waals surface area contributed by atoms with Gasteiger partial charge in [-0.25, -0.2) is 0 Å². The summed E-state index contributed by atoms with van der Waals surface area (Å²) in [7, 11) is 0. The van der Waals surface area contributed by atoms with Crippen LogP contribution in [0.15, 0.2) is 41.1 Å². The summed E-state index contributed by atoms with van der Waals surface area (Å²) in [5.74, 6) is 1.64. The molecule has 1 aromatic heterocycles. The van der Waals surface area contributed by atoms with Gasteiger partial charge in [-0.2, -0.15) is 11.3 Å². The standard InChI is InChI=1S/C18H23NOS/c1-2-19-17(8-7-14-10-12-21-13-14)15-9-11-20-18-6-4-3-5-16(15)18/h3-6,10,12-13,15,17,19H,2,7-9,11H2,1H3. The quantitative estimate of drug-likeness (QED) is 0.862. The van der Waals surface area contributed by atoms with Gasteiger partial charge in [0.1, 0.15) is 5.75 Å². The van der Waals surface area contributed by atoms with E-state index < -0.39 is 0 Å². The Labute approximate surface area is 131 Å². The third-order valence-electron chi connectivity index (χ3n) is 4.28. The minimum absolute atomic E-state index is 0.528. The van der Waals surface area contributed by atoms with Crippen LogP contribution in [0.3, 0.4) is 0 Å². The highest BCUT2D eigenvalue weighted by Gasteiger charge is 2.28. The van der Waals surface area contributed by atoms with E-state index in [1.165, 1.54) is 17.5 Å². The number of nitrogens with one attached hydrogen (secondary N) is 1. The Kier molecular flexibility index (Phi) is 4.94. The fraction of sp³-hybridized carbons (Fsp3) is 0.444. The normalized spacial score (nSPS) is 18.8. The summed E-state index contributed by atoms with van der Waals surface area (Å²) < 4.78 is 5.81. The molecule has 0 saturated carbocycles. The highest BCUT2D eigenvalue weighted by atomic mass is 32.1. The Morgan fingerprint density at radius 1 is 1.33 bits per heavy atom. The molecule has 1 N–H and O–H groups in total. The molecule has 21 heavy (non-hydrogen) atoms. The highest BCUT2D eigenvalue weighted by Crippen LogP contribution is 2.36. The molecule has 0 spiro atoms. The molecule has 0 bridgehead atoms. The smallest absolute Gasteiger partial charge is 0.122 e. The molecule has 3 heteroatoms. The minimum atomic E-state index is 0.528. The van der Waals surface area contributed by atoms with E-state index in [0.29, 0.717) is 12.0 Å². The van der Waals surface area contributed by atoms with Crippen LogP contribution < -0.4 is 10.1 Å². The number of rotatable bonds is 6. The van der Waals surface area contributed by atoms with E-state index in [1.54, 1.807) is 11.3 Å². The zero-order valence-corrected chi connectivity index (χ0v) is 13.4. The highest BCUT2D eigenvalue weighted by molar-refractivity contribution is 7.07. The van der Waals surface area contributed by atoms with Crippen LogP contribution in [0.2, 0.25) is 0 Å². The SMILES string of the molecule is CCNC(CCc1ccsc1)C1CCOc2ccccc21. The zero-order chi connectivity index (χ0) is 14.5. The maximum Gasteiger partial charge on any atom is 0.122 e. The molecular formula is C18H23NOS. The van der Waals surface area contributed by atoms with Crippen LogP contribution in [-0.4, -0.2) is 19.2 Å². The Morgan fingerprint density at radius 3 is 3.05 bits per heavy atom. The lowest BCUT2D eigenvalue weighted by Gasteiger charge is -2.33. The predicted octanol–water partition coefficient (Wildman–Crippen LogP) is 4.23. The molecule has 2 heterocycles. The van der Waals surface area contributed by atoms with Crippen LogP contribution in [0.25, 0.3) is 0 Å². The molecule has 2 atom stereocenters. The molecule has 0 aliphatic carbocycles. The number of hydrogen-bond donors (Lipinski definition) is 1. The Hall–Kier alpha value is -1.32. The first-order valence-corrected chi connectivity index (χ1v) is 8.79. The van der Waals surface area contributed by atoms with Crippen molar-refractivity contribution in [3.63, 3.8) is 0 Å². The zero-order valence-electron chi connectivity index (χ0n) is 12.5. The van der Waals surface area contributed by atoms with E-state index in [9.17, 15) is 0 Å². The molecular weight excluding hydrogens is 278 g/mol. The van der Waals surface area contributed by atoms with E-state index >= 15 is 0 Å². The third kappa shape index (κ3) is 3.47. The molecule has 0 fully saturated rings. The van der Waals surface area contributed by atoms with Crippen molar-refractivity contribution in [1.82, 2.24) is 5.32 Å². The van der Waals surface area contributed by atoms with Gasteiger partial charge in [-0.3, -0.25) is 0 Å².